The summed E-state index contributed by atoms with van der Waals surface area (Å²) in [5, 5.41) is 5.83. The van der Waals surface area contributed by atoms with Crippen LogP contribution in [0.2, 0.25) is 0 Å². The first-order valence-corrected chi connectivity index (χ1v) is 13.6. The minimum Gasteiger partial charge on any atom is -0.0619 e. The molecule has 6 aromatic rings. The normalized spacial score (nSPS) is 13.0. The van der Waals surface area contributed by atoms with Crippen molar-refractivity contribution in [3.8, 4) is 22.3 Å². The van der Waals surface area contributed by atoms with E-state index < -0.39 is 0 Å². The average Bonchev–Trinajstić information content (AvgIpc) is 2.95. The lowest BCUT2D eigenvalue weighted by Crippen LogP contribution is -2.03. The maximum Gasteiger partial charge on any atom is -0.00132 e. The fourth-order valence-corrected chi connectivity index (χ4v) is 7.01. The van der Waals surface area contributed by atoms with E-state index in [2.05, 4.69) is 109 Å². The van der Waals surface area contributed by atoms with Gasteiger partial charge in [-0.3, -0.25) is 0 Å². The van der Waals surface area contributed by atoms with Gasteiger partial charge in [-0.1, -0.05) is 109 Å². The van der Waals surface area contributed by atoms with Crippen LogP contribution in [-0.2, 0) is 25.7 Å². The Kier molecular flexibility index (Phi) is 4.64. The van der Waals surface area contributed by atoms with E-state index in [9.17, 15) is 0 Å². The molecule has 37 heavy (non-hydrogen) atoms. The first kappa shape index (κ1) is 21.0. The summed E-state index contributed by atoms with van der Waals surface area (Å²) in [6, 6.07) is 41.2. The van der Waals surface area contributed by atoms with Crippen LogP contribution in [0.15, 0.2) is 109 Å². The average molecular weight is 473 g/mol. The number of rotatable bonds is 4. The molecule has 0 fully saturated rings. The van der Waals surface area contributed by atoms with Gasteiger partial charge in [-0.25, -0.2) is 0 Å². The first-order chi connectivity index (χ1) is 18.3. The molecule has 6 aromatic carbocycles. The Balaban J connectivity index is 1.13. The Morgan fingerprint density at radius 1 is 0.378 bits per heavy atom. The molecule has 0 N–H and O–H groups in total. The fourth-order valence-electron chi connectivity index (χ4n) is 7.01. The predicted molar refractivity (Wildman–Crippen MR) is 156 cm³/mol. The van der Waals surface area contributed by atoms with E-state index in [1.807, 2.05) is 0 Å². The molecule has 0 atom stereocenters. The van der Waals surface area contributed by atoms with Crippen molar-refractivity contribution in [2.45, 2.75) is 32.1 Å². The molecule has 2 aliphatic carbocycles. The summed E-state index contributed by atoms with van der Waals surface area (Å²) in [4.78, 5) is 0. The second kappa shape index (κ2) is 8.18. The zero-order chi connectivity index (χ0) is 24.3. The highest BCUT2D eigenvalue weighted by Crippen LogP contribution is 2.42. The summed E-state index contributed by atoms with van der Waals surface area (Å²) in [6.07, 6.45) is 5.44. The van der Waals surface area contributed by atoms with E-state index in [4.69, 9.17) is 0 Å². The van der Waals surface area contributed by atoms with Gasteiger partial charge in [-0.15, -0.1) is 0 Å². The van der Waals surface area contributed by atoms with Crippen LogP contribution in [0.5, 0.6) is 0 Å². The van der Waals surface area contributed by atoms with Crippen LogP contribution in [-0.4, -0.2) is 0 Å². The van der Waals surface area contributed by atoms with Gasteiger partial charge in [-0.05, 0) is 109 Å². The SMILES string of the molecule is c1ccc2c(c1)Cc1ccc(CCCc3ccc4c5c(cccc35)-c3ccccc3C4)c3cccc-2c13. The maximum atomic E-state index is 2.39. The van der Waals surface area contributed by atoms with Crippen LogP contribution in [0.3, 0.4) is 0 Å². The standard InChI is InChI=1S/C37H28/c1-3-12-30-26(8-1)22-28-20-18-24(32-14-6-16-34(30)36(28)32)10-5-11-25-19-21-29-23-27-9-2-4-13-31(27)35-17-7-15-33(25)37(29)35/h1-4,6-9,12-21H,5,10-11,22-23H2. The summed E-state index contributed by atoms with van der Waals surface area (Å²) in [7, 11) is 0. The van der Waals surface area contributed by atoms with E-state index >= 15 is 0 Å². The van der Waals surface area contributed by atoms with Gasteiger partial charge in [0.15, 0.2) is 0 Å². The molecule has 0 bridgehead atoms. The lowest BCUT2D eigenvalue weighted by atomic mass is 9.81. The van der Waals surface area contributed by atoms with Gasteiger partial charge in [0.1, 0.15) is 0 Å². The quantitative estimate of drug-likeness (QED) is 0.239. The molecule has 0 nitrogen and oxygen atoms in total. The third-order valence-electron chi connectivity index (χ3n) is 8.70. The number of hydrogen-bond donors (Lipinski definition) is 0. The van der Waals surface area contributed by atoms with Crippen molar-refractivity contribution in [3.05, 3.63) is 143 Å². The lowest BCUT2D eigenvalue weighted by molar-refractivity contribution is 0.829. The molecule has 0 aromatic heterocycles. The third kappa shape index (κ3) is 3.22. The molecular weight excluding hydrogens is 444 g/mol. The largest absolute Gasteiger partial charge is 0.0619 e. The Labute approximate surface area is 218 Å². The van der Waals surface area contributed by atoms with Crippen molar-refractivity contribution in [2.75, 3.05) is 0 Å². The maximum absolute atomic E-state index is 2.39. The molecule has 176 valence electrons. The van der Waals surface area contributed by atoms with Crippen LogP contribution < -0.4 is 0 Å². The number of fused-ring (bicyclic) bond motifs is 4. The molecule has 2 aliphatic rings. The molecule has 8 rings (SSSR count). The van der Waals surface area contributed by atoms with Crippen molar-refractivity contribution in [3.63, 3.8) is 0 Å². The second-order valence-corrected chi connectivity index (χ2v) is 10.7. The van der Waals surface area contributed by atoms with Gasteiger partial charge < -0.3 is 0 Å². The van der Waals surface area contributed by atoms with Gasteiger partial charge in [-0.2, -0.15) is 0 Å². The Hall–Kier alpha value is -4.16. The monoisotopic (exact) mass is 472 g/mol. The van der Waals surface area contributed by atoms with E-state index in [1.165, 1.54) is 77.2 Å². The molecule has 0 amide bonds. The molecule has 0 heteroatoms. The molecule has 0 saturated carbocycles. The highest BCUT2D eigenvalue weighted by molar-refractivity contribution is 6.04. The fraction of sp³-hybridized carbons (Fsp3) is 0.135. The minimum atomic E-state index is 1.04. The zero-order valence-corrected chi connectivity index (χ0v) is 20.9. The van der Waals surface area contributed by atoms with Crippen LogP contribution in [0.25, 0.3) is 43.8 Å². The van der Waals surface area contributed by atoms with Crippen LogP contribution in [0.1, 0.15) is 39.8 Å². The molecule has 0 spiro atoms. The molecular formula is C37H28. The van der Waals surface area contributed by atoms with Crippen molar-refractivity contribution < 1.29 is 0 Å². The highest BCUT2D eigenvalue weighted by atomic mass is 14.2. The summed E-state index contributed by atoms with van der Waals surface area (Å²) >= 11 is 0. The van der Waals surface area contributed by atoms with Gasteiger partial charge >= 0.3 is 0 Å². The van der Waals surface area contributed by atoms with Gasteiger partial charge in [0, 0.05) is 0 Å². The summed E-state index contributed by atoms with van der Waals surface area (Å²) in [6.45, 7) is 0. The molecule has 0 heterocycles. The molecule has 0 radical (unpaired) electrons. The van der Waals surface area contributed by atoms with E-state index in [-0.39, 0.29) is 0 Å². The number of aryl methyl sites for hydroxylation is 2. The molecule has 0 aliphatic heterocycles. The van der Waals surface area contributed by atoms with E-state index in [0.29, 0.717) is 0 Å². The van der Waals surface area contributed by atoms with Gasteiger partial charge in [0.2, 0.25) is 0 Å². The highest BCUT2D eigenvalue weighted by Gasteiger charge is 2.20. The van der Waals surface area contributed by atoms with Gasteiger partial charge in [0.05, 0.1) is 0 Å². The van der Waals surface area contributed by atoms with E-state index in [0.717, 1.165) is 32.1 Å². The summed E-state index contributed by atoms with van der Waals surface area (Å²) in [5.74, 6) is 0. The summed E-state index contributed by atoms with van der Waals surface area (Å²) in [5.41, 5.74) is 14.4. The van der Waals surface area contributed by atoms with Crippen LogP contribution >= 0.6 is 0 Å². The Morgan fingerprint density at radius 3 is 1.35 bits per heavy atom. The second-order valence-electron chi connectivity index (χ2n) is 10.7. The topological polar surface area (TPSA) is 0 Å². The van der Waals surface area contributed by atoms with Crippen LogP contribution in [0.4, 0.5) is 0 Å². The Bertz CT molecular complexity index is 1720. The Morgan fingerprint density at radius 2 is 0.838 bits per heavy atom. The van der Waals surface area contributed by atoms with Gasteiger partial charge in [0.25, 0.3) is 0 Å². The third-order valence-corrected chi connectivity index (χ3v) is 8.70. The smallest absolute Gasteiger partial charge is 0.00132 e. The van der Waals surface area contributed by atoms with Crippen molar-refractivity contribution in [1.29, 1.82) is 0 Å². The minimum absolute atomic E-state index is 1.04. The van der Waals surface area contributed by atoms with Crippen molar-refractivity contribution >= 4 is 21.5 Å². The van der Waals surface area contributed by atoms with Crippen LogP contribution in [0, 0.1) is 0 Å². The van der Waals surface area contributed by atoms with Crippen molar-refractivity contribution in [2.24, 2.45) is 0 Å². The predicted octanol–water partition coefficient (Wildman–Crippen LogP) is 9.31. The zero-order valence-electron chi connectivity index (χ0n) is 20.9. The van der Waals surface area contributed by atoms with E-state index in [1.54, 1.807) is 0 Å². The lowest BCUT2D eigenvalue weighted by Gasteiger charge is -2.23. The number of benzene rings is 6. The summed E-state index contributed by atoms with van der Waals surface area (Å²) < 4.78 is 0. The number of hydrogen-bond acceptors (Lipinski definition) is 0. The first-order valence-electron chi connectivity index (χ1n) is 13.6. The molecule has 0 unspecified atom stereocenters. The molecule has 0 saturated heterocycles. The van der Waals surface area contributed by atoms with Crippen molar-refractivity contribution in [1.82, 2.24) is 0 Å².